The number of hydrogen-bond acceptors (Lipinski definition) is 1. The van der Waals surface area contributed by atoms with Crippen molar-refractivity contribution in [2.24, 2.45) is 5.41 Å². The van der Waals surface area contributed by atoms with E-state index in [0.29, 0.717) is 0 Å². The van der Waals surface area contributed by atoms with E-state index in [0.717, 1.165) is 6.42 Å². The SMILES string of the molecule is CC1=CC2(C)CC=COC2C=C1. The Morgan fingerprint density at radius 1 is 1.58 bits per heavy atom. The monoisotopic (exact) mass is 162 g/mol. The second-order valence-corrected chi connectivity index (χ2v) is 3.89. The van der Waals surface area contributed by atoms with E-state index in [-0.39, 0.29) is 11.5 Å². The van der Waals surface area contributed by atoms with Crippen LogP contribution in [0.2, 0.25) is 0 Å². The number of fused-ring (bicyclic) bond motifs is 1. The van der Waals surface area contributed by atoms with Gasteiger partial charge in [-0.1, -0.05) is 24.6 Å². The Balaban J connectivity index is 2.34. The summed E-state index contributed by atoms with van der Waals surface area (Å²) >= 11 is 0. The van der Waals surface area contributed by atoms with Crippen LogP contribution in [0.15, 0.2) is 36.1 Å². The Morgan fingerprint density at radius 3 is 3.25 bits per heavy atom. The lowest BCUT2D eigenvalue weighted by Crippen LogP contribution is -2.33. The van der Waals surface area contributed by atoms with Crippen LogP contribution >= 0.6 is 0 Å². The zero-order valence-electron chi connectivity index (χ0n) is 7.58. The van der Waals surface area contributed by atoms with Gasteiger partial charge in [-0.25, -0.2) is 0 Å². The van der Waals surface area contributed by atoms with Crippen LogP contribution in [0.1, 0.15) is 20.3 Å². The van der Waals surface area contributed by atoms with E-state index in [9.17, 15) is 0 Å². The van der Waals surface area contributed by atoms with E-state index in [1.807, 2.05) is 6.26 Å². The average molecular weight is 162 g/mol. The van der Waals surface area contributed by atoms with Gasteiger partial charge in [-0.2, -0.15) is 0 Å². The van der Waals surface area contributed by atoms with Crippen molar-refractivity contribution in [2.75, 3.05) is 0 Å². The van der Waals surface area contributed by atoms with Gasteiger partial charge >= 0.3 is 0 Å². The van der Waals surface area contributed by atoms with E-state index in [2.05, 4.69) is 38.2 Å². The van der Waals surface area contributed by atoms with Crippen LogP contribution < -0.4 is 0 Å². The molecule has 2 rings (SSSR count). The molecule has 2 atom stereocenters. The zero-order chi connectivity index (χ0) is 8.60. The standard InChI is InChI=1S/C11H14O/c1-9-4-5-10-11(2,8-9)6-3-7-12-10/h3-5,7-8,10H,6H2,1-2H3. The normalized spacial score (nSPS) is 38.5. The van der Waals surface area contributed by atoms with E-state index in [4.69, 9.17) is 4.74 Å². The summed E-state index contributed by atoms with van der Waals surface area (Å²) in [5.41, 5.74) is 1.53. The highest BCUT2D eigenvalue weighted by Gasteiger charge is 2.34. The Morgan fingerprint density at radius 2 is 2.42 bits per heavy atom. The molecule has 0 radical (unpaired) electrons. The van der Waals surface area contributed by atoms with Crippen LogP contribution in [-0.4, -0.2) is 6.10 Å². The minimum atomic E-state index is 0.188. The summed E-state index contributed by atoms with van der Waals surface area (Å²) in [6.45, 7) is 4.38. The molecule has 0 saturated heterocycles. The molecule has 1 heterocycles. The van der Waals surface area contributed by atoms with Crippen LogP contribution in [0.5, 0.6) is 0 Å². The predicted molar refractivity (Wildman–Crippen MR) is 49.6 cm³/mol. The maximum absolute atomic E-state index is 5.52. The van der Waals surface area contributed by atoms with E-state index >= 15 is 0 Å². The van der Waals surface area contributed by atoms with E-state index in [1.54, 1.807) is 0 Å². The van der Waals surface area contributed by atoms with Crippen molar-refractivity contribution in [1.29, 1.82) is 0 Å². The lowest BCUT2D eigenvalue weighted by Gasteiger charge is -2.37. The van der Waals surface area contributed by atoms with Crippen molar-refractivity contribution >= 4 is 0 Å². The maximum atomic E-state index is 5.52. The van der Waals surface area contributed by atoms with E-state index in [1.165, 1.54) is 5.57 Å². The van der Waals surface area contributed by atoms with Gasteiger partial charge in [0.15, 0.2) is 0 Å². The molecular formula is C11H14O. The average Bonchev–Trinajstić information content (AvgIpc) is 2.02. The summed E-state index contributed by atoms with van der Waals surface area (Å²) in [4.78, 5) is 0. The molecule has 12 heavy (non-hydrogen) atoms. The first-order valence-electron chi connectivity index (χ1n) is 4.39. The molecule has 1 aliphatic carbocycles. The van der Waals surface area contributed by atoms with Gasteiger partial charge in [-0.3, -0.25) is 0 Å². The lowest BCUT2D eigenvalue weighted by atomic mass is 9.76. The highest BCUT2D eigenvalue weighted by atomic mass is 16.5. The van der Waals surface area contributed by atoms with Crippen molar-refractivity contribution in [3.8, 4) is 0 Å². The quantitative estimate of drug-likeness (QED) is 0.532. The van der Waals surface area contributed by atoms with Crippen LogP contribution in [0.4, 0.5) is 0 Å². The third-order valence-corrected chi connectivity index (χ3v) is 2.62. The van der Waals surface area contributed by atoms with E-state index < -0.39 is 0 Å². The summed E-state index contributed by atoms with van der Waals surface area (Å²) in [5, 5.41) is 0. The minimum Gasteiger partial charge on any atom is -0.493 e. The molecular weight excluding hydrogens is 148 g/mol. The molecule has 0 aromatic carbocycles. The second-order valence-electron chi connectivity index (χ2n) is 3.89. The summed E-state index contributed by atoms with van der Waals surface area (Å²) < 4.78 is 5.52. The number of allylic oxidation sites excluding steroid dienone is 3. The van der Waals surface area contributed by atoms with Crippen LogP contribution in [0.25, 0.3) is 0 Å². The van der Waals surface area contributed by atoms with Crippen molar-refractivity contribution < 1.29 is 4.74 Å². The molecule has 1 aliphatic heterocycles. The Kier molecular flexibility index (Phi) is 1.60. The third-order valence-electron chi connectivity index (χ3n) is 2.62. The van der Waals surface area contributed by atoms with Gasteiger partial charge in [0.25, 0.3) is 0 Å². The highest BCUT2D eigenvalue weighted by Crippen LogP contribution is 2.38. The Hall–Kier alpha value is -0.980. The molecule has 0 spiro atoms. The zero-order valence-corrected chi connectivity index (χ0v) is 7.58. The third kappa shape index (κ3) is 1.09. The molecule has 2 aliphatic rings. The minimum absolute atomic E-state index is 0.188. The molecule has 1 nitrogen and oxygen atoms in total. The first kappa shape index (κ1) is 7.66. The Bertz CT molecular complexity index is 273. The first-order chi connectivity index (χ1) is 5.71. The van der Waals surface area contributed by atoms with Crippen LogP contribution in [0.3, 0.4) is 0 Å². The summed E-state index contributed by atoms with van der Waals surface area (Å²) in [6.07, 6.45) is 11.8. The molecule has 0 saturated carbocycles. The molecule has 64 valence electrons. The van der Waals surface area contributed by atoms with Crippen molar-refractivity contribution in [3.05, 3.63) is 36.1 Å². The predicted octanol–water partition coefficient (Wildman–Crippen LogP) is 2.81. The van der Waals surface area contributed by atoms with Gasteiger partial charge in [0.1, 0.15) is 6.10 Å². The Labute approximate surface area is 73.4 Å². The molecule has 0 fully saturated rings. The molecule has 0 aromatic rings. The summed E-state index contributed by atoms with van der Waals surface area (Å²) in [6, 6.07) is 0. The van der Waals surface area contributed by atoms with Gasteiger partial charge in [-0.05, 0) is 25.5 Å². The molecule has 0 aromatic heterocycles. The largest absolute Gasteiger partial charge is 0.493 e. The number of ether oxygens (including phenoxy) is 1. The van der Waals surface area contributed by atoms with Crippen molar-refractivity contribution in [2.45, 2.75) is 26.4 Å². The topological polar surface area (TPSA) is 9.23 Å². The molecule has 1 heteroatoms. The fourth-order valence-corrected chi connectivity index (χ4v) is 1.93. The number of hydrogen-bond donors (Lipinski definition) is 0. The first-order valence-corrected chi connectivity index (χ1v) is 4.39. The summed E-state index contributed by atoms with van der Waals surface area (Å²) in [5.74, 6) is 0. The molecule has 0 bridgehead atoms. The van der Waals surface area contributed by atoms with Crippen molar-refractivity contribution in [1.82, 2.24) is 0 Å². The maximum Gasteiger partial charge on any atom is 0.125 e. The highest BCUT2D eigenvalue weighted by molar-refractivity contribution is 5.29. The van der Waals surface area contributed by atoms with Crippen LogP contribution in [-0.2, 0) is 4.74 Å². The van der Waals surface area contributed by atoms with Crippen molar-refractivity contribution in [3.63, 3.8) is 0 Å². The molecule has 0 N–H and O–H groups in total. The van der Waals surface area contributed by atoms with Crippen LogP contribution in [0, 0.1) is 5.41 Å². The molecule has 0 amide bonds. The second kappa shape index (κ2) is 2.51. The van der Waals surface area contributed by atoms with Gasteiger partial charge in [0.05, 0.1) is 6.26 Å². The smallest absolute Gasteiger partial charge is 0.125 e. The molecule has 2 unspecified atom stereocenters. The van der Waals surface area contributed by atoms with Gasteiger partial charge in [-0.15, -0.1) is 0 Å². The van der Waals surface area contributed by atoms with Gasteiger partial charge in [0.2, 0.25) is 0 Å². The lowest BCUT2D eigenvalue weighted by molar-refractivity contribution is 0.0743. The fourth-order valence-electron chi connectivity index (χ4n) is 1.93. The number of rotatable bonds is 0. The van der Waals surface area contributed by atoms with Gasteiger partial charge in [0, 0.05) is 5.41 Å². The fraction of sp³-hybridized carbons (Fsp3) is 0.455. The summed E-state index contributed by atoms with van der Waals surface area (Å²) in [7, 11) is 0. The van der Waals surface area contributed by atoms with Gasteiger partial charge < -0.3 is 4.74 Å².